The van der Waals surface area contributed by atoms with Crippen LogP contribution in [0, 0.1) is 13.8 Å². The first-order valence-electron chi connectivity index (χ1n) is 4.51. The molecule has 0 unspecified atom stereocenters. The van der Waals surface area contributed by atoms with Crippen LogP contribution in [-0.2, 0) is 0 Å². The first kappa shape index (κ1) is 10.2. The highest BCUT2D eigenvalue weighted by Gasteiger charge is 2.21. The zero-order chi connectivity index (χ0) is 11.7. The lowest BCUT2D eigenvalue weighted by atomic mass is 10.1. The predicted molar refractivity (Wildman–Crippen MR) is 54.0 cm³/mol. The summed E-state index contributed by atoms with van der Waals surface area (Å²) in [5.74, 6) is 0.883. The number of aromatic nitrogens is 2. The van der Waals surface area contributed by atoms with Crippen LogP contribution in [0.3, 0.4) is 0 Å². The predicted octanol–water partition coefficient (Wildman–Crippen LogP) is 1.04. The Morgan fingerprint density at radius 2 is 2.12 bits per heavy atom. The van der Waals surface area contributed by atoms with Crippen molar-refractivity contribution in [3.05, 3.63) is 23.1 Å². The quantitative estimate of drug-likeness (QED) is 0.340. The molecule has 0 fully saturated rings. The van der Waals surface area contributed by atoms with Gasteiger partial charge in [-0.3, -0.25) is 0 Å². The molecule has 2 heterocycles. The van der Waals surface area contributed by atoms with Crippen molar-refractivity contribution in [3.63, 3.8) is 0 Å². The Hall–Kier alpha value is -2.31. The summed E-state index contributed by atoms with van der Waals surface area (Å²) in [6.45, 7) is 3.44. The second-order valence-corrected chi connectivity index (χ2v) is 3.28. The summed E-state index contributed by atoms with van der Waals surface area (Å²) in [7, 11) is 0. The third-order valence-corrected chi connectivity index (χ3v) is 2.09. The van der Waals surface area contributed by atoms with Gasteiger partial charge in [0.2, 0.25) is 0 Å². The molecule has 0 saturated carbocycles. The molecule has 0 aliphatic carbocycles. The van der Waals surface area contributed by atoms with Crippen molar-refractivity contribution < 1.29 is 14.3 Å². The minimum Gasteiger partial charge on any atom is -0.409 e. The number of nitrogens with zero attached hydrogens (tertiary/aromatic N) is 3. The normalized spacial score (nSPS) is 12.0. The van der Waals surface area contributed by atoms with Crippen LogP contribution in [0.2, 0.25) is 0 Å². The fourth-order valence-corrected chi connectivity index (χ4v) is 1.37. The fourth-order valence-electron chi connectivity index (χ4n) is 1.37. The van der Waals surface area contributed by atoms with E-state index in [1.807, 2.05) is 0 Å². The molecule has 0 aliphatic rings. The molecule has 84 valence electrons. The van der Waals surface area contributed by atoms with Gasteiger partial charge in [0.15, 0.2) is 17.3 Å². The van der Waals surface area contributed by atoms with Crippen LogP contribution < -0.4 is 5.73 Å². The van der Waals surface area contributed by atoms with Gasteiger partial charge in [0.25, 0.3) is 0 Å². The molecule has 7 heteroatoms. The maximum atomic E-state index is 8.66. The third-order valence-electron chi connectivity index (χ3n) is 2.09. The maximum absolute atomic E-state index is 8.66. The van der Waals surface area contributed by atoms with Gasteiger partial charge in [-0.25, -0.2) is 0 Å². The second-order valence-electron chi connectivity index (χ2n) is 3.28. The van der Waals surface area contributed by atoms with Crippen LogP contribution in [0.25, 0.3) is 11.5 Å². The monoisotopic (exact) mass is 222 g/mol. The minimum atomic E-state index is -0.0746. The van der Waals surface area contributed by atoms with E-state index in [1.54, 1.807) is 19.9 Å². The molecule has 0 aliphatic heterocycles. The summed E-state index contributed by atoms with van der Waals surface area (Å²) in [5.41, 5.74) is 6.92. The van der Waals surface area contributed by atoms with Crippen LogP contribution in [-0.4, -0.2) is 21.4 Å². The molecule has 3 N–H and O–H groups in total. The highest BCUT2D eigenvalue weighted by molar-refractivity contribution is 6.02. The molecule has 0 saturated heterocycles. The topological polar surface area (TPSA) is 111 Å². The van der Waals surface area contributed by atoms with Crippen molar-refractivity contribution in [2.75, 3.05) is 0 Å². The van der Waals surface area contributed by atoms with E-state index in [0.717, 1.165) is 0 Å². The van der Waals surface area contributed by atoms with E-state index < -0.39 is 0 Å². The van der Waals surface area contributed by atoms with Gasteiger partial charge in [-0.1, -0.05) is 15.5 Å². The minimum absolute atomic E-state index is 0.0746. The van der Waals surface area contributed by atoms with Crippen LogP contribution in [0.5, 0.6) is 0 Å². The Labute approximate surface area is 90.5 Å². The lowest BCUT2D eigenvalue weighted by molar-refractivity contribution is 0.318. The molecular formula is C9H10N4O3. The average Bonchev–Trinajstić information content (AvgIpc) is 2.83. The van der Waals surface area contributed by atoms with Gasteiger partial charge in [-0.15, -0.1) is 0 Å². The molecule has 0 aromatic carbocycles. The summed E-state index contributed by atoms with van der Waals surface area (Å²) < 4.78 is 9.99. The number of hydrogen-bond acceptors (Lipinski definition) is 6. The van der Waals surface area contributed by atoms with Crippen molar-refractivity contribution in [3.8, 4) is 11.5 Å². The molecule has 16 heavy (non-hydrogen) atoms. The van der Waals surface area contributed by atoms with E-state index in [-0.39, 0.29) is 5.84 Å². The molecule has 0 amide bonds. The van der Waals surface area contributed by atoms with Gasteiger partial charge in [-0.05, 0) is 13.8 Å². The van der Waals surface area contributed by atoms with E-state index in [9.17, 15) is 0 Å². The highest BCUT2D eigenvalue weighted by atomic mass is 16.5. The van der Waals surface area contributed by atoms with Crippen LogP contribution in [0.15, 0.2) is 20.3 Å². The molecule has 0 bridgehead atoms. The first-order valence-corrected chi connectivity index (χ1v) is 4.51. The summed E-state index contributed by atoms with van der Waals surface area (Å²) in [6, 6.07) is 1.67. The Balaban J connectivity index is 2.58. The Morgan fingerprint density at radius 1 is 1.38 bits per heavy atom. The molecule has 0 radical (unpaired) electrons. The lowest BCUT2D eigenvalue weighted by Gasteiger charge is -1.95. The Kier molecular flexibility index (Phi) is 2.35. The molecule has 2 aromatic heterocycles. The van der Waals surface area contributed by atoms with Crippen molar-refractivity contribution in [1.29, 1.82) is 0 Å². The van der Waals surface area contributed by atoms with Crippen molar-refractivity contribution in [1.82, 2.24) is 10.3 Å². The van der Waals surface area contributed by atoms with Gasteiger partial charge < -0.3 is 20.0 Å². The van der Waals surface area contributed by atoms with Crippen molar-refractivity contribution in [2.24, 2.45) is 10.9 Å². The van der Waals surface area contributed by atoms with Gasteiger partial charge >= 0.3 is 0 Å². The number of amidine groups is 1. The Morgan fingerprint density at radius 3 is 2.69 bits per heavy atom. The SMILES string of the molecule is Cc1cc(-c2onc(C)c2/C(N)=N/O)no1. The molecule has 2 rings (SSSR count). The maximum Gasteiger partial charge on any atom is 0.200 e. The standard InChI is InChI=1S/C9H10N4O3/c1-4-3-6(13-15-4)8-7(9(10)11-14)5(2)12-16-8/h3,14H,1-2H3,(H2,10,11). The lowest BCUT2D eigenvalue weighted by Crippen LogP contribution is -2.14. The van der Waals surface area contributed by atoms with Crippen molar-refractivity contribution in [2.45, 2.75) is 13.8 Å². The van der Waals surface area contributed by atoms with Crippen LogP contribution in [0.1, 0.15) is 17.0 Å². The van der Waals surface area contributed by atoms with E-state index in [4.69, 9.17) is 20.0 Å². The average molecular weight is 222 g/mol. The summed E-state index contributed by atoms with van der Waals surface area (Å²) >= 11 is 0. The number of oxime groups is 1. The molecular weight excluding hydrogens is 212 g/mol. The first-order chi connectivity index (χ1) is 7.63. The largest absolute Gasteiger partial charge is 0.409 e. The van der Waals surface area contributed by atoms with Crippen molar-refractivity contribution >= 4 is 5.84 Å². The molecule has 0 atom stereocenters. The van der Waals surface area contributed by atoms with Gasteiger partial charge in [-0.2, -0.15) is 0 Å². The zero-order valence-electron chi connectivity index (χ0n) is 8.76. The highest BCUT2D eigenvalue weighted by Crippen LogP contribution is 2.25. The number of aryl methyl sites for hydroxylation is 2. The second kappa shape index (κ2) is 3.69. The van der Waals surface area contributed by atoms with E-state index in [1.165, 1.54) is 0 Å². The number of hydrogen-bond donors (Lipinski definition) is 2. The van der Waals surface area contributed by atoms with E-state index in [2.05, 4.69) is 15.5 Å². The molecule has 2 aromatic rings. The van der Waals surface area contributed by atoms with Gasteiger partial charge in [0.1, 0.15) is 5.76 Å². The third kappa shape index (κ3) is 1.52. The van der Waals surface area contributed by atoms with E-state index in [0.29, 0.717) is 28.5 Å². The zero-order valence-corrected chi connectivity index (χ0v) is 8.76. The van der Waals surface area contributed by atoms with Crippen LogP contribution >= 0.6 is 0 Å². The number of nitrogens with two attached hydrogens (primary N) is 1. The summed E-state index contributed by atoms with van der Waals surface area (Å²) in [6.07, 6.45) is 0. The summed E-state index contributed by atoms with van der Waals surface area (Å²) in [5, 5.41) is 19.1. The Bertz CT molecular complexity index is 541. The summed E-state index contributed by atoms with van der Waals surface area (Å²) in [4.78, 5) is 0. The van der Waals surface area contributed by atoms with Crippen LogP contribution in [0.4, 0.5) is 0 Å². The number of rotatable bonds is 2. The van der Waals surface area contributed by atoms with Gasteiger partial charge in [0, 0.05) is 6.07 Å². The smallest absolute Gasteiger partial charge is 0.200 e. The molecule has 0 spiro atoms. The molecule has 7 nitrogen and oxygen atoms in total. The van der Waals surface area contributed by atoms with E-state index >= 15 is 0 Å². The fraction of sp³-hybridized carbons (Fsp3) is 0.222. The van der Waals surface area contributed by atoms with Gasteiger partial charge in [0.05, 0.1) is 11.3 Å².